The van der Waals surface area contributed by atoms with E-state index in [-0.39, 0.29) is 5.88 Å². The third kappa shape index (κ3) is 4.05. The van der Waals surface area contributed by atoms with E-state index in [1.807, 2.05) is 0 Å². The first-order valence-electron chi connectivity index (χ1n) is 6.79. The lowest BCUT2D eigenvalue weighted by atomic mass is 10.2. The molecule has 2 rings (SSSR count). The molecule has 0 radical (unpaired) electrons. The number of ether oxygens (including phenoxy) is 3. The molecule has 2 atom stereocenters. The maximum atomic E-state index is 10.9. The molecule has 0 fully saturated rings. The number of carbonyl (C=O) groups excluding carboxylic acids is 1. The zero-order chi connectivity index (χ0) is 16.9. The predicted octanol–water partition coefficient (Wildman–Crippen LogP) is 1.26. The van der Waals surface area contributed by atoms with Crippen LogP contribution in [0.1, 0.15) is 13.3 Å². The average Bonchev–Trinajstić information content (AvgIpc) is 3.00. The lowest BCUT2D eigenvalue weighted by molar-refractivity contribution is -0.0810. The van der Waals surface area contributed by atoms with Gasteiger partial charge in [-0.3, -0.25) is 5.21 Å². The van der Waals surface area contributed by atoms with E-state index >= 15 is 0 Å². The molecule has 3 N–H and O–H groups in total. The van der Waals surface area contributed by atoms with Gasteiger partial charge in [0.05, 0.1) is 19.8 Å². The van der Waals surface area contributed by atoms with Crippen LogP contribution in [0.4, 0.5) is 4.79 Å². The number of aromatic nitrogens is 1. The number of carbonyl (C=O) groups is 1. The number of hydrogen-bond acceptors (Lipinski definition) is 6. The highest BCUT2D eigenvalue weighted by Gasteiger charge is 2.35. The normalized spacial score (nSPS) is 20.0. The van der Waals surface area contributed by atoms with Gasteiger partial charge in [-0.05, 0) is 18.9 Å². The molecule has 2 amide bonds. The highest BCUT2D eigenvalue weighted by atomic mass is 16.7. The molecule has 1 aliphatic heterocycles. The number of urea groups is 1. The second-order valence-corrected chi connectivity index (χ2v) is 4.70. The molecule has 8 nitrogen and oxygen atoms in total. The van der Waals surface area contributed by atoms with Crippen molar-refractivity contribution >= 4 is 6.03 Å². The van der Waals surface area contributed by atoms with E-state index in [0.29, 0.717) is 17.4 Å². The fourth-order valence-corrected chi connectivity index (χ4v) is 1.78. The molecule has 0 spiro atoms. The van der Waals surface area contributed by atoms with Gasteiger partial charge >= 0.3 is 11.8 Å². The monoisotopic (exact) mass is 319 g/mol. The van der Waals surface area contributed by atoms with Gasteiger partial charge in [0, 0.05) is 12.1 Å². The van der Waals surface area contributed by atoms with Crippen LogP contribution in [0.5, 0.6) is 11.8 Å². The molecule has 1 aromatic rings. The number of pyridine rings is 1. The molecule has 0 aromatic carbocycles. The smallest absolute Gasteiger partial charge is 0.339 e. The molecule has 0 saturated carbocycles. The zero-order valence-electron chi connectivity index (χ0n) is 12.7. The first-order valence-corrected chi connectivity index (χ1v) is 6.79. The van der Waals surface area contributed by atoms with Crippen LogP contribution in [-0.2, 0) is 4.74 Å². The summed E-state index contributed by atoms with van der Waals surface area (Å²) in [6.45, 7) is 1.51. The first kappa shape index (κ1) is 16.5. The molecule has 1 aromatic heterocycles. The van der Waals surface area contributed by atoms with Crippen molar-refractivity contribution in [1.82, 2.24) is 10.0 Å². The average molecular weight is 319 g/mol. The summed E-state index contributed by atoms with van der Waals surface area (Å²) in [4.78, 5) is 15.0. The van der Waals surface area contributed by atoms with Gasteiger partial charge in [-0.15, -0.1) is 0 Å². The van der Waals surface area contributed by atoms with E-state index in [2.05, 4.69) is 16.8 Å². The number of primary amides is 1. The molecule has 0 aliphatic carbocycles. The van der Waals surface area contributed by atoms with Crippen molar-refractivity contribution in [2.75, 3.05) is 7.11 Å². The Bertz CT molecular complexity index is 657. The van der Waals surface area contributed by atoms with Gasteiger partial charge in [0.25, 0.3) is 0 Å². The second kappa shape index (κ2) is 6.89. The minimum Gasteiger partial charge on any atom is -0.481 e. The molecule has 0 saturated heterocycles. The molecule has 2 unspecified atom stereocenters. The summed E-state index contributed by atoms with van der Waals surface area (Å²) in [7, 11) is 1.50. The summed E-state index contributed by atoms with van der Waals surface area (Å²) in [5, 5.41) is 9.77. The van der Waals surface area contributed by atoms with E-state index < -0.39 is 17.9 Å². The topological polar surface area (TPSA) is 107 Å². The lowest BCUT2D eigenvalue weighted by Crippen LogP contribution is -2.39. The van der Waals surface area contributed by atoms with Crippen molar-refractivity contribution in [1.29, 1.82) is 0 Å². The largest absolute Gasteiger partial charge is 0.481 e. The molecule has 122 valence electrons. The third-order valence-electron chi connectivity index (χ3n) is 2.98. The van der Waals surface area contributed by atoms with Gasteiger partial charge in [-0.25, -0.2) is 4.79 Å². The number of nitrogens with two attached hydrogens (primary N) is 1. The van der Waals surface area contributed by atoms with Crippen LogP contribution in [0.15, 0.2) is 30.5 Å². The minimum atomic E-state index is -1.29. The van der Waals surface area contributed by atoms with Crippen LogP contribution >= 0.6 is 0 Å². The summed E-state index contributed by atoms with van der Waals surface area (Å²) in [6, 6.07) is 3.21. The van der Waals surface area contributed by atoms with E-state index in [1.54, 1.807) is 24.3 Å². The number of methoxy groups -OCH3 is 1. The van der Waals surface area contributed by atoms with Crippen molar-refractivity contribution in [3.05, 3.63) is 30.5 Å². The fourth-order valence-electron chi connectivity index (χ4n) is 1.78. The second-order valence-electron chi connectivity index (χ2n) is 4.70. The summed E-state index contributed by atoms with van der Waals surface area (Å²) < 4.78 is 16.2. The van der Waals surface area contributed by atoms with Gasteiger partial charge in [0.1, 0.15) is 6.04 Å². The Hall–Kier alpha value is -2.92. The minimum absolute atomic E-state index is 0.269. The number of hydrogen-bond donors (Lipinski definition) is 2. The third-order valence-corrected chi connectivity index (χ3v) is 2.98. The van der Waals surface area contributed by atoms with Crippen LogP contribution in [0.2, 0.25) is 0 Å². The van der Waals surface area contributed by atoms with E-state index in [4.69, 9.17) is 19.9 Å². The van der Waals surface area contributed by atoms with Crippen molar-refractivity contribution in [3.8, 4) is 23.6 Å². The van der Waals surface area contributed by atoms with Gasteiger partial charge in [-0.2, -0.15) is 10.0 Å². The molecule has 23 heavy (non-hydrogen) atoms. The maximum Gasteiger partial charge on any atom is 0.339 e. The highest BCUT2D eigenvalue weighted by Crippen LogP contribution is 2.27. The summed E-state index contributed by atoms with van der Waals surface area (Å²) in [6.07, 6.45) is 3.56. The summed E-state index contributed by atoms with van der Waals surface area (Å²) >= 11 is 0. The molecule has 8 heteroatoms. The number of nitrogens with zero attached hydrogens (tertiary/aromatic N) is 2. The van der Waals surface area contributed by atoms with E-state index in [0.717, 1.165) is 0 Å². The van der Waals surface area contributed by atoms with Gasteiger partial charge in [-0.1, -0.05) is 12.0 Å². The summed E-state index contributed by atoms with van der Waals surface area (Å²) in [5.74, 6) is 4.81. The van der Waals surface area contributed by atoms with E-state index in [9.17, 15) is 10.0 Å². The van der Waals surface area contributed by atoms with Crippen LogP contribution < -0.4 is 15.2 Å². The Morgan fingerprint density at radius 1 is 1.57 bits per heavy atom. The summed E-state index contributed by atoms with van der Waals surface area (Å²) in [5.41, 5.74) is 4.98. The molecule has 0 bridgehead atoms. The van der Waals surface area contributed by atoms with Crippen molar-refractivity contribution in [2.45, 2.75) is 25.2 Å². The number of amides is 2. The Kier molecular flexibility index (Phi) is 4.93. The van der Waals surface area contributed by atoms with Crippen molar-refractivity contribution in [3.63, 3.8) is 0 Å². The number of rotatable bonds is 4. The van der Waals surface area contributed by atoms with Crippen molar-refractivity contribution in [2.24, 2.45) is 5.73 Å². The Balaban J connectivity index is 2.18. The first-order chi connectivity index (χ1) is 11.0. The standard InChI is InChI=1S/C15H17N3O5/c1-11(18(20)14(16)19)7-9-15(8-4-10-22-15)23-13-6-3-5-12(17-13)21-2/h3-6,10-11,20H,8H2,1-2H3,(H2,16,19). The highest BCUT2D eigenvalue weighted by molar-refractivity contribution is 5.71. The van der Waals surface area contributed by atoms with Gasteiger partial charge in [0.2, 0.25) is 11.8 Å². The van der Waals surface area contributed by atoms with Gasteiger partial charge < -0.3 is 19.9 Å². The molecular formula is C15H17N3O5. The Labute approximate surface area is 133 Å². The molecular weight excluding hydrogens is 302 g/mol. The fraction of sp³-hybridized carbons (Fsp3) is 0.333. The Morgan fingerprint density at radius 3 is 2.91 bits per heavy atom. The molecule has 1 aliphatic rings. The van der Waals surface area contributed by atoms with Crippen LogP contribution in [0.25, 0.3) is 0 Å². The van der Waals surface area contributed by atoms with Crippen molar-refractivity contribution < 1.29 is 24.2 Å². The predicted molar refractivity (Wildman–Crippen MR) is 79.4 cm³/mol. The maximum absolute atomic E-state index is 10.9. The van der Waals surface area contributed by atoms with Crippen LogP contribution in [0, 0.1) is 11.8 Å². The molecule has 2 heterocycles. The SMILES string of the molecule is COc1cccc(OC2(C#CC(C)N(O)C(N)=O)CC=CO2)n1. The zero-order valence-corrected chi connectivity index (χ0v) is 12.7. The lowest BCUT2D eigenvalue weighted by Gasteiger charge is -2.24. The van der Waals surface area contributed by atoms with Gasteiger partial charge in [0.15, 0.2) is 0 Å². The Morgan fingerprint density at radius 2 is 2.30 bits per heavy atom. The van der Waals surface area contributed by atoms with Crippen LogP contribution in [0.3, 0.4) is 0 Å². The van der Waals surface area contributed by atoms with E-state index in [1.165, 1.54) is 20.3 Å². The van der Waals surface area contributed by atoms with Crippen LogP contribution in [-0.4, -0.2) is 40.2 Å². The quantitative estimate of drug-likeness (QED) is 0.491. The number of hydroxylamine groups is 2.